The SMILES string of the molecule is CCCc1cc(Cl)sc1[C@H](O)[C@H]1O[C@@H](n2ccc3c(C)ncnc32)[C@@H]2OC(C)(C)O[C@@H]21. The van der Waals surface area contributed by atoms with Gasteiger partial charge in [-0.25, -0.2) is 9.97 Å². The van der Waals surface area contributed by atoms with E-state index in [1.54, 1.807) is 6.33 Å². The van der Waals surface area contributed by atoms with Crippen LogP contribution in [0.1, 0.15) is 55.7 Å². The number of aromatic nitrogens is 3. The van der Waals surface area contributed by atoms with Gasteiger partial charge in [0.1, 0.15) is 36.4 Å². The van der Waals surface area contributed by atoms with Crippen LogP contribution in [0, 0.1) is 6.92 Å². The standard InChI is InChI=1S/C22H26ClN3O4S/c1-5-6-12-9-14(23)31-19(12)15(27)16-17-18(30-22(3,4)29-17)21(28-16)26-8-7-13-11(2)24-10-25-20(13)26/h7-10,15-18,21,27H,5-6H2,1-4H3/t15-,16-,17-,18-,21-/m1/s1. The van der Waals surface area contributed by atoms with Gasteiger partial charge < -0.3 is 23.9 Å². The van der Waals surface area contributed by atoms with Gasteiger partial charge in [-0.15, -0.1) is 11.3 Å². The Hall–Kier alpha value is -1.55. The smallest absolute Gasteiger partial charge is 0.164 e. The molecule has 5 rings (SSSR count). The van der Waals surface area contributed by atoms with Gasteiger partial charge >= 0.3 is 0 Å². The highest BCUT2D eigenvalue weighted by Crippen LogP contribution is 2.48. The number of aryl methyl sites for hydroxylation is 2. The van der Waals surface area contributed by atoms with Crippen LogP contribution >= 0.6 is 22.9 Å². The Kier molecular flexibility index (Phi) is 5.36. The summed E-state index contributed by atoms with van der Waals surface area (Å²) in [4.78, 5) is 9.57. The van der Waals surface area contributed by atoms with Crippen molar-refractivity contribution in [2.75, 3.05) is 0 Å². The Balaban J connectivity index is 1.53. The molecule has 5 heterocycles. The lowest BCUT2D eigenvalue weighted by Gasteiger charge is -2.27. The number of hydrogen-bond acceptors (Lipinski definition) is 7. The van der Waals surface area contributed by atoms with Gasteiger partial charge in [0.2, 0.25) is 0 Å². The molecule has 9 heteroatoms. The maximum absolute atomic E-state index is 11.4. The number of rotatable bonds is 5. The van der Waals surface area contributed by atoms with Crippen molar-refractivity contribution in [1.29, 1.82) is 0 Å². The molecule has 1 N–H and O–H groups in total. The lowest BCUT2D eigenvalue weighted by Crippen LogP contribution is -2.34. The summed E-state index contributed by atoms with van der Waals surface area (Å²) in [6.45, 7) is 7.83. The summed E-state index contributed by atoms with van der Waals surface area (Å²) in [6, 6.07) is 3.92. The molecule has 0 radical (unpaired) electrons. The summed E-state index contributed by atoms with van der Waals surface area (Å²) in [5, 5.41) is 12.3. The predicted molar refractivity (Wildman–Crippen MR) is 118 cm³/mol. The van der Waals surface area contributed by atoms with Gasteiger partial charge in [-0.1, -0.05) is 24.9 Å². The van der Waals surface area contributed by atoms with E-state index in [9.17, 15) is 5.11 Å². The van der Waals surface area contributed by atoms with Gasteiger partial charge in [-0.05, 0) is 44.9 Å². The van der Waals surface area contributed by atoms with Crippen molar-refractivity contribution in [3.63, 3.8) is 0 Å². The van der Waals surface area contributed by atoms with Crippen LogP contribution in [0.25, 0.3) is 11.0 Å². The first-order valence-electron chi connectivity index (χ1n) is 10.5. The average molecular weight is 464 g/mol. The first-order chi connectivity index (χ1) is 14.8. The molecule has 3 aromatic heterocycles. The second-order valence-corrected chi connectivity index (χ2v) is 10.3. The molecule has 2 aliphatic heterocycles. The average Bonchev–Trinajstić information content (AvgIpc) is 3.44. The van der Waals surface area contributed by atoms with Crippen molar-refractivity contribution >= 4 is 34.0 Å². The lowest BCUT2D eigenvalue weighted by molar-refractivity contribution is -0.207. The molecule has 0 aromatic carbocycles. The quantitative estimate of drug-likeness (QED) is 0.597. The molecule has 2 fully saturated rings. The van der Waals surface area contributed by atoms with Crippen LogP contribution in [-0.4, -0.2) is 43.7 Å². The number of aliphatic hydroxyl groups is 1. The fraction of sp³-hybridized carbons (Fsp3) is 0.545. The molecule has 2 saturated heterocycles. The van der Waals surface area contributed by atoms with E-state index < -0.39 is 30.3 Å². The number of thiophene rings is 1. The van der Waals surface area contributed by atoms with Gasteiger partial charge in [0.05, 0.1) is 10.0 Å². The van der Waals surface area contributed by atoms with Gasteiger partial charge in [-0.2, -0.15) is 0 Å². The zero-order chi connectivity index (χ0) is 21.9. The summed E-state index contributed by atoms with van der Waals surface area (Å²) < 4.78 is 21.5. The second kappa shape index (κ2) is 7.79. The molecule has 0 spiro atoms. The van der Waals surface area contributed by atoms with Crippen molar-refractivity contribution in [2.45, 2.75) is 77.0 Å². The fourth-order valence-corrected chi connectivity index (χ4v) is 6.00. The minimum Gasteiger partial charge on any atom is -0.385 e. The minimum absolute atomic E-state index is 0.384. The van der Waals surface area contributed by atoms with Crippen LogP contribution in [-0.2, 0) is 20.6 Å². The van der Waals surface area contributed by atoms with Crippen molar-refractivity contribution in [2.24, 2.45) is 0 Å². The number of ether oxygens (including phenoxy) is 3. The van der Waals surface area contributed by atoms with E-state index in [1.165, 1.54) is 11.3 Å². The molecule has 0 amide bonds. The maximum atomic E-state index is 11.4. The molecule has 166 valence electrons. The highest BCUT2D eigenvalue weighted by molar-refractivity contribution is 7.16. The predicted octanol–water partition coefficient (Wildman–Crippen LogP) is 4.56. The van der Waals surface area contributed by atoms with Crippen LogP contribution in [0.4, 0.5) is 0 Å². The van der Waals surface area contributed by atoms with E-state index in [1.807, 2.05) is 43.7 Å². The second-order valence-electron chi connectivity index (χ2n) is 8.61. The summed E-state index contributed by atoms with van der Waals surface area (Å²) in [7, 11) is 0. The van der Waals surface area contributed by atoms with E-state index in [2.05, 4.69) is 16.9 Å². The van der Waals surface area contributed by atoms with E-state index in [0.717, 1.165) is 40.0 Å². The van der Waals surface area contributed by atoms with E-state index in [-0.39, 0.29) is 6.10 Å². The van der Waals surface area contributed by atoms with Gasteiger partial charge in [0.25, 0.3) is 0 Å². The molecule has 0 unspecified atom stereocenters. The number of halogens is 1. The van der Waals surface area contributed by atoms with Crippen molar-refractivity contribution < 1.29 is 19.3 Å². The van der Waals surface area contributed by atoms with Gasteiger partial charge in [-0.3, -0.25) is 0 Å². The van der Waals surface area contributed by atoms with Crippen LogP contribution < -0.4 is 0 Å². The Morgan fingerprint density at radius 1 is 1.29 bits per heavy atom. The molecule has 0 bridgehead atoms. The third-order valence-electron chi connectivity index (χ3n) is 5.96. The summed E-state index contributed by atoms with van der Waals surface area (Å²) in [5.74, 6) is -0.775. The first-order valence-corrected chi connectivity index (χ1v) is 11.7. The number of hydrogen-bond donors (Lipinski definition) is 1. The molecule has 0 saturated carbocycles. The highest BCUT2D eigenvalue weighted by Gasteiger charge is 2.58. The maximum Gasteiger partial charge on any atom is 0.164 e. The monoisotopic (exact) mass is 463 g/mol. The zero-order valence-electron chi connectivity index (χ0n) is 17.9. The third-order valence-corrected chi connectivity index (χ3v) is 7.34. The van der Waals surface area contributed by atoms with E-state index >= 15 is 0 Å². The Bertz CT molecular complexity index is 1110. The van der Waals surface area contributed by atoms with Crippen molar-refractivity contribution in [3.8, 4) is 0 Å². The molecular weight excluding hydrogens is 438 g/mol. The zero-order valence-corrected chi connectivity index (χ0v) is 19.5. The molecule has 0 aliphatic carbocycles. The fourth-order valence-electron chi connectivity index (χ4n) is 4.66. The largest absolute Gasteiger partial charge is 0.385 e. The van der Waals surface area contributed by atoms with E-state index in [0.29, 0.717) is 4.34 Å². The number of aliphatic hydroxyl groups excluding tert-OH is 1. The third kappa shape index (κ3) is 3.59. The molecule has 7 nitrogen and oxygen atoms in total. The summed E-state index contributed by atoms with van der Waals surface area (Å²) in [5.41, 5.74) is 2.73. The highest BCUT2D eigenvalue weighted by atomic mass is 35.5. The van der Waals surface area contributed by atoms with Crippen LogP contribution in [0.2, 0.25) is 4.34 Å². The molecule has 2 aliphatic rings. The lowest BCUT2D eigenvalue weighted by atomic mass is 10.0. The van der Waals surface area contributed by atoms with E-state index in [4.69, 9.17) is 25.8 Å². The Morgan fingerprint density at radius 3 is 2.84 bits per heavy atom. The van der Waals surface area contributed by atoms with Crippen molar-refractivity contribution in [1.82, 2.24) is 14.5 Å². The van der Waals surface area contributed by atoms with Crippen molar-refractivity contribution in [3.05, 3.63) is 45.1 Å². The molecular formula is C22H26ClN3O4S. The first kappa shape index (κ1) is 21.3. The summed E-state index contributed by atoms with van der Waals surface area (Å²) >= 11 is 7.69. The Labute approximate surface area is 189 Å². The molecule has 31 heavy (non-hydrogen) atoms. The van der Waals surface area contributed by atoms with Crippen LogP contribution in [0.3, 0.4) is 0 Å². The topological polar surface area (TPSA) is 78.6 Å². The molecule has 3 aromatic rings. The van der Waals surface area contributed by atoms with Crippen LogP contribution in [0.15, 0.2) is 24.7 Å². The minimum atomic E-state index is -0.868. The van der Waals surface area contributed by atoms with Gasteiger partial charge in [0, 0.05) is 16.5 Å². The van der Waals surface area contributed by atoms with Crippen LogP contribution in [0.5, 0.6) is 0 Å². The normalized spacial score (nSPS) is 28.3. The number of fused-ring (bicyclic) bond motifs is 2. The van der Waals surface area contributed by atoms with Gasteiger partial charge in [0.15, 0.2) is 12.0 Å². The number of nitrogens with zero attached hydrogens (tertiary/aromatic N) is 3. The molecule has 5 atom stereocenters. The summed E-state index contributed by atoms with van der Waals surface area (Å²) in [6.07, 6.45) is 2.54. The Morgan fingerprint density at radius 2 is 2.06 bits per heavy atom.